The van der Waals surface area contributed by atoms with Gasteiger partial charge in [-0.15, -0.1) is 0 Å². The molecule has 0 aromatic heterocycles. The monoisotopic (exact) mass is 488 g/mol. The average molecular weight is 489 g/mol. The molecular formula is C30H36N2O2S. The van der Waals surface area contributed by atoms with E-state index in [0.29, 0.717) is 5.56 Å². The van der Waals surface area contributed by atoms with Crippen LogP contribution in [0.1, 0.15) is 85.1 Å². The Kier molecular flexibility index (Phi) is 7.56. The van der Waals surface area contributed by atoms with Crippen molar-refractivity contribution in [3.63, 3.8) is 0 Å². The maximum atomic E-state index is 11.2. The summed E-state index contributed by atoms with van der Waals surface area (Å²) in [5.41, 5.74) is 7.27. The van der Waals surface area contributed by atoms with E-state index in [4.69, 9.17) is 0 Å². The SMILES string of the molecule is CC1(C)CCC(C)(C)c2cc(CCCSN3C=NC=CC3)c(/C=C/c3ccc(C(=O)O)cc3)cc21. The smallest absolute Gasteiger partial charge is 0.335 e. The Hall–Kier alpha value is -2.79. The van der Waals surface area contributed by atoms with Gasteiger partial charge < -0.3 is 9.41 Å². The topological polar surface area (TPSA) is 52.9 Å². The lowest BCUT2D eigenvalue weighted by Gasteiger charge is -2.42. The lowest BCUT2D eigenvalue weighted by molar-refractivity contribution is 0.0697. The van der Waals surface area contributed by atoms with Crippen LogP contribution in [-0.2, 0) is 17.3 Å². The molecule has 0 fully saturated rings. The lowest BCUT2D eigenvalue weighted by atomic mass is 9.62. The molecule has 1 aliphatic heterocycles. The van der Waals surface area contributed by atoms with Crippen LogP contribution < -0.4 is 0 Å². The highest BCUT2D eigenvalue weighted by atomic mass is 32.2. The number of benzene rings is 2. The minimum Gasteiger partial charge on any atom is -0.478 e. The van der Waals surface area contributed by atoms with Crippen molar-refractivity contribution in [1.82, 2.24) is 4.31 Å². The third-order valence-electron chi connectivity index (χ3n) is 7.25. The number of rotatable bonds is 8. The second-order valence-corrected chi connectivity index (χ2v) is 11.9. The van der Waals surface area contributed by atoms with E-state index in [1.165, 1.54) is 35.1 Å². The molecule has 0 saturated carbocycles. The lowest BCUT2D eigenvalue weighted by Crippen LogP contribution is -2.34. The Balaban J connectivity index is 1.60. The number of hydrogen-bond donors (Lipinski definition) is 1. The van der Waals surface area contributed by atoms with Crippen molar-refractivity contribution >= 4 is 36.4 Å². The molecular weight excluding hydrogens is 452 g/mol. The first-order valence-corrected chi connectivity index (χ1v) is 13.4. The minimum absolute atomic E-state index is 0.159. The molecule has 5 heteroatoms. The largest absolute Gasteiger partial charge is 0.478 e. The van der Waals surface area contributed by atoms with Crippen molar-refractivity contribution in [2.45, 2.75) is 64.2 Å². The molecule has 2 aromatic rings. The zero-order valence-corrected chi connectivity index (χ0v) is 22.1. The predicted octanol–water partition coefficient (Wildman–Crippen LogP) is 7.34. The summed E-state index contributed by atoms with van der Waals surface area (Å²) >= 11 is 1.83. The van der Waals surface area contributed by atoms with Crippen LogP contribution >= 0.6 is 11.9 Å². The van der Waals surface area contributed by atoms with Gasteiger partial charge in [0.25, 0.3) is 0 Å². The van der Waals surface area contributed by atoms with Gasteiger partial charge >= 0.3 is 5.97 Å². The average Bonchev–Trinajstić information content (AvgIpc) is 2.84. The summed E-state index contributed by atoms with van der Waals surface area (Å²) in [6, 6.07) is 12.0. The van der Waals surface area contributed by atoms with E-state index in [-0.39, 0.29) is 10.8 Å². The van der Waals surface area contributed by atoms with Crippen molar-refractivity contribution in [2.75, 3.05) is 12.3 Å². The molecule has 0 amide bonds. The van der Waals surface area contributed by atoms with Gasteiger partial charge in [0, 0.05) is 12.0 Å². The van der Waals surface area contributed by atoms with Crippen molar-refractivity contribution < 1.29 is 9.90 Å². The van der Waals surface area contributed by atoms with Gasteiger partial charge in [0.15, 0.2) is 0 Å². The van der Waals surface area contributed by atoms with E-state index in [1.54, 1.807) is 12.1 Å². The van der Waals surface area contributed by atoms with Crippen molar-refractivity contribution in [1.29, 1.82) is 0 Å². The molecule has 4 rings (SSSR count). The molecule has 1 aliphatic carbocycles. The summed E-state index contributed by atoms with van der Waals surface area (Å²) in [5.74, 6) is 0.151. The minimum atomic E-state index is -0.896. The second kappa shape index (κ2) is 10.4. The van der Waals surface area contributed by atoms with Gasteiger partial charge in [0.2, 0.25) is 0 Å². The molecule has 0 unspecified atom stereocenters. The number of nitrogens with zero attached hydrogens (tertiary/aromatic N) is 2. The zero-order chi connectivity index (χ0) is 25.1. The summed E-state index contributed by atoms with van der Waals surface area (Å²) in [6.07, 6.45) is 14.6. The Bertz CT molecular complexity index is 1160. The van der Waals surface area contributed by atoms with E-state index < -0.39 is 5.97 Å². The molecule has 0 spiro atoms. The Morgan fingerprint density at radius 1 is 1.06 bits per heavy atom. The van der Waals surface area contributed by atoms with Crippen molar-refractivity contribution in [3.8, 4) is 0 Å². The van der Waals surface area contributed by atoms with Crippen LogP contribution in [0.4, 0.5) is 0 Å². The Morgan fingerprint density at radius 2 is 1.74 bits per heavy atom. The van der Waals surface area contributed by atoms with E-state index in [1.807, 2.05) is 36.6 Å². The predicted molar refractivity (Wildman–Crippen MR) is 149 cm³/mol. The molecule has 0 bridgehead atoms. The summed E-state index contributed by atoms with van der Waals surface area (Å²) in [6.45, 7) is 10.4. The normalized spacial score (nSPS) is 18.1. The van der Waals surface area contributed by atoms with Crippen molar-refractivity contribution in [3.05, 3.63) is 82.1 Å². The van der Waals surface area contributed by atoms with E-state index in [0.717, 1.165) is 30.7 Å². The highest BCUT2D eigenvalue weighted by molar-refractivity contribution is 7.97. The first kappa shape index (κ1) is 25.3. The van der Waals surface area contributed by atoms with Gasteiger partial charge in [0.05, 0.1) is 12.1 Å². The highest BCUT2D eigenvalue weighted by Crippen LogP contribution is 2.47. The summed E-state index contributed by atoms with van der Waals surface area (Å²) in [7, 11) is 0. The maximum absolute atomic E-state index is 11.2. The van der Waals surface area contributed by atoms with E-state index in [9.17, 15) is 9.90 Å². The first-order chi connectivity index (χ1) is 16.7. The molecule has 184 valence electrons. The van der Waals surface area contributed by atoms with Crippen LogP contribution in [0.15, 0.2) is 53.7 Å². The van der Waals surface area contributed by atoms with Gasteiger partial charge in [-0.05, 0) is 94.5 Å². The van der Waals surface area contributed by atoms with Crippen LogP contribution in [0, 0.1) is 0 Å². The number of aliphatic imine (C=N–C) groups is 1. The Labute approximate surface area is 214 Å². The summed E-state index contributed by atoms with van der Waals surface area (Å²) < 4.78 is 2.18. The number of carboxylic acids is 1. The number of fused-ring (bicyclic) bond motifs is 1. The number of carboxylic acid groups (broad SMARTS) is 1. The fraction of sp³-hybridized carbons (Fsp3) is 0.400. The van der Waals surface area contributed by atoms with Gasteiger partial charge in [-0.1, -0.05) is 64.1 Å². The van der Waals surface area contributed by atoms with E-state index >= 15 is 0 Å². The number of aryl methyl sites for hydroxylation is 1. The zero-order valence-electron chi connectivity index (χ0n) is 21.3. The van der Waals surface area contributed by atoms with Crippen molar-refractivity contribution in [2.24, 2.45) is 4.99 Å². The number of carbonyl (C=O) groups is 1. The first-order valence-electron chi connectivity index (χ1n) is 12.4. The molecule has 2 aromatic carbocycles. The summed E-state index contributed by atoms with van der Waals surface area (Å²) in [4.78, 5) is 15.4. The molecule has 35 heavy (non-hydrogen) atoms. The quantitative estimate of drug-likeness (QED) is 0.240. The van der Waals surface area contributed by atoms with Gasteiger partial charge in [-0.2, -0.15) is 0 Å². The van der Waals surface area contributed by atoms with Gasteiger partial charge in [-0.25, -0.2) is 9.79 Å². The molecule has 2 aliphatic rings. The molecule has 0 atom stereocenters. The third-order valence-corrected chi connectivity index (χ3v) is 8.29. The van der Waals surface area contributed by atoms with Crippen LogP contribution in [-0.4, -0.2) is 34.0 Å². The highest BCUT2D eigenvalue weighted by Gasteiger charge is 2.37. The van der Waals surface area contributed by atoms with Crippen LogP contribution in [0.3, 0.4) is 0 Å². The number of aromatic carboxylic acids is 1. The van der Waals surface area contributed by atoms with E-state index in [2.05, 4.69) is 67.4 Å². The standard InChI is InChI=1S/C30H36N2O2S/c1-29(2)14-15-30(3,4)27-20-25(13-10-22-8-11-23(12-9-22)28(33)34)24(19-26(27)29)7-5-18-35-32-17-6-16-31-21-32/h6,8-13,16,19-21H,5,7,14-15,17-18H2,1-4H3,(H,33,34)/b13-10+. The van der Waals surface area contributed by atoms with Gasteiger partial charge in [0.1, 0.15) is 6.34 Å². The van der Waals surface area contributed by atoms with Crippen LogP contribution in [0.5, 0.6) is 0 Å². The third kappa shape index (κ3) is 6.07. The molecule has 1 heterocycles. The van der Waals surface area contributed by atoms with Crippen LogP contribution in [0.25, 0.3) is 12.2 Å². The Morgan fingerprint density at radius 3 is 2.37 bits per heavy atom. The maximum Gasteiger partial charge on any atom is 0.335 e. The summed E-state index contributed by atoms with van der Waals surface area (Å²) in [5, 5.41) is 9.18. The second-order valence-electron chi connectivity index (χ2n) is 10.8. The van der Waals surface area contributed by atoms with Crippen LogP contribution in [0.2, 0.25) is 0 Å². The van der Waals surface area contributed by atoms with Gasteiger partial charge in [-0.3, -0.25) is 0 Å². The molecule has 0 saturated heterocycles. The molecule has 4 nitrogen and oxygen atoms in total. The molecule has 1 N–H and O–H groups in total. The molecule has 0 radical (unpaired) electrons. The number of hydrogen-bond acceptors (Lipinski definition) is 4. The fourth-order valence-electron chi connectivity index (χ4n) is 4.87. The fourth-order valence-corrected chi connectivity index (χ4v) is 5.69.